The fourth-order valence-corrected chi connectivity index (χ4v) is 3.85. The molecule has 1 N–H and O–H groups in total. The predicted octanol–water partition coefficient (Wildman–Crippen LogP) is 4.87. The Kier molecular flexibility index (Phi) is 3.77. The number of hydrogen-bond donors (Lipinski definition) is 1. The van der Waals surface area contributed by atoms with Crippen molar-refractivity contribution >= 4 is 27.9 Å². The third-order valence-corrected chi connectivity index (χ3v) is 5.41. The number of aryl methyl sites for hydroxylation is 1. The molecule has 3 heterocycles. The number of benzene rings is 2. The van der Waals surface area contributed by atoms with Crippen LogP contribution >= 0.6 is 22.9 Å². The van der Waals surface area contributed by atoms with Gasteiger partial charge in [-0.3, -0.25) is 5.10 Å². The van der Waals surface area contributed by atoms with Crippen LogP contribution in [-0.4, -0.2) is 30.0 Å². The number of halogens is 1. The number of H-pyrrole nitrogens is 1. The Morgan fingerprint density at radius 3 is 2.67 bits per heavy atom. The Bertz CT molecular complexity index is 1250. The van der Waals surface area contributed by atoms with Crippen molar-refractivity contribution in [2.24, 2.45) is 0 Å². The Balaban J connectivity index is 1.55. The number of hydrogen-bond acceptors (Lipinski definition) is 5. The summed E-state index contributed by atoms with van der Waals surface area (Å²) < 4.78 is 1.75. The molecule has 5 rings (SSSR count). The maximum absolute atomic E-state index is 5.96. The second-order valence-electron chi connectivity index (χ2n) is 6.17. The molecular weight excluding hydrogens is 380 g/mol. The third kappa shape index (κ3) is 2.90. The highest BCUT2D eigenvalue weighted by atomic mass is 35.5. The number of aromatic nitrogens is 6. The number of aromatic amines is 1. The molecule has 2 aromatic carbocycles. The first kappa shape index (κ1) is 16.2. The van der Waals surface area contributed by atoms with Gasteiger partial charge >= 0.3 is 0 Å². The van der Waals surface area contributed by atoms with E-state index >= 15 is 0 Å². The van der Waals surface area contributed by atoms with Gasteiger partial charge in [0.15, 0.2) is 0 Å². The molecule has 3 aromatic heterocycles. The summed E-state index contributed by atoms with van der Waals surface area (Å²) in [5, 5.41) is 22.2. The molecule has 0 bridgehead atoms. The van der Waals surface area contributed by atoms with Crippen molar-refractivity contribution in [1.29, 1.82) is 0 Å². The quantitative estimate of drug-likeness (QED) is 0.475. The summed E-state index contributed by atoms with van der Waals surface area (Å²) in [5.74, 6) is 0.632. The first-order valence-corrected chi connectivity index (χ1v) is 9.48. The first-order chi connectivity index (χ1) is 13.2. The number of fused-ring (bicyclic) bond motifs is 1. The lowest BCUT2D eigenvalue weighted by atomic mass is 10.1. The highest BCUT2D eigenvalue weighted by Crippen LogP contribution is 2.29. The van der Waals surface area contributed by atoms with Crippen LogP contribution in [0.25, 0.3) is 38.3 Å². The van der Waals surface area contributed by atoms with E-state index in [0.29, 0.717) is 10.8 Å². The average Bonchev–Trinajstić information content (AvgIpc) is 3.37. The van der Waals surface area contributed by atoms with E-state index in [1.807, 2.05) is 42.5 Å². The summed E-state index contributed by atoms with van der Waals surface area (Å²) in [6, 6.07) is 17.7. The zero-order valence-corrected chi connectivity index (χ0v) is 15.8. The zero-order valence-electron chi connectivity index (χ0n) is 14.2. The van der Waals surface area contributed by atoms with Gasteiger partial charge in [-0.2, -0.15) is 14.7 Å². The highest BCUT2D eigenvalue weighted by molar-refractivity contribution is 7.19. The average molecular weight is 393 g/mol. The minimum absolute atomic E-state index is 0.632. The van der Waals surface area contributed by atoms with E-state index in [0.717, 1.165) is 32.5 Å². The number of nitrogens with zero attached hydrogens (tertiary/aromatic N) is 5. The van der Waals surface area contributed by atoms with Crippen molar-refractivity contribution in [2.45, 2.75) is 6.92 Å². The summed E-state index contributed by atoms with van der Waals surface area (Å²) in [6.07, 6.45) is 0. The van der Waals surface area contributed by atoms with Gasteiger partial charge in [0.05, 0.1) is 5.69 Å². The molecule has 0 saturated carbocycles. The molecule has 0 atom stereocenters. The normalized spacial score (nSPS) is 11.3. The Hall–Kier alpha value is -3.03. The molecule has 0 spiro atoms. The van der Waals surface area contributed by atoms with Crippen molar-refractivity contribution in [1.82, 2.24) is 30.0 Å². The summed E-state index contributed by atoms with van der Waals surface area (Å²) in [7, 11) is 0. The lowest BCUT2D eigenvalue weighted by Crippen LogP contribution is -1.91. The molecule has 0 fully saturated rings. The summed E-state index contributed by atoms with van der Waals surface area (Å²) >= 11 is 7.47. The van der Waals surface area contributed by atoms with E-state index in [9.17, 15) is 0 Å². The van der Waals surface area contributed by atoms with E-state index < -0.39 is 0 Å². The molecule has 8 heteroatoms. The zero-order chi connectivity index (χ0) is 18.4. The highest BCUT2D eigenvalue weighted by Gasteiger charge is 2.16. The van der Waals surface area contributed by atoms with E-state index in [1.54, 1.807) is 4.52 Å². The van der Waals surface area contributed by atoms with Crippen molar-refractivity contribution < 1.29 is 0 Å². The van der Waals surface area contributed by atoms with Gasteiger partial charge in [-0.25, -0.2) is 0 Å². The molecule has 27 heavy (non-hydrogen) atoms. The Morgan fingerprint density at radius 1 is 1.00 bits per heavy atom. The first-order valence-electron chi connectivity index (χ1n) is 8.28. The van der Waals surface area contributed by atoms with Gasteiger partial charge in [-0.15, -0.1) is 10.2 Å². The smallest absolute Gasteiger partial charge is 0.235 e. The molecule has 0 amide bonds. The van der Waals surface area contributed by atoms with Gasteiger partial charge < -0.3 is 0 Å². The molecule has 0 unspecified atom stereocenters. The van der Waals surface area contributed by atoms with Crippen LogP contribution in [0.15, 0.2) is 54.6 Å². The van der Waals surface area contributed by atoms with Crippen molar-refractivity contribution in [3.8, 4) is 33.3 Å². The molecule has 0 aliphatic heterocycles. The van der Waals surface area contributed by atoms with E-state index in [1.165, 1.54) is 16.9 Å². The fraction of sp³-hybridized carbons (Fsp3) is 0.0526. The van der Waals surface area contributed by atoms with E-state index in [4.69, 9.17) is 16.7 Å². The second kappa shape index (κ2) is 6.29. The maximum Gasteiger partial charge on any atom is 0.235 e. The minimum atomic E-state index is 0.632. The van der Waals surface area contributed by atoms with Crippen molar-refractivity contribution in [3.05, 3.63) is 65.2 Å². The van der Waals surface area contributed by atoms with Crippen LogP contribution in [0.4, 0.5) is 0 Å². The van der Waals surface area contributed by atoms with Crippen LogP contribution < -0.4 is 0 Å². The Labute approximate surface area is 163 Å². The standard InChI is InChI=1S/C19H13ClN6S/c1-11-3-2-4-13(9-11)18-25-26-17(23-24-19(26)27-18)16-10-15(21-22-16)12-5-7-14(20)8-6-12/h2-10H,1H3,(H,21,22). The van der Waals surface area contributed by atoms with Crippen LogP contribution in [-0.2, 0) is 0 Å². The lowest BCUT2D eigenvalue weighted by Gasteiger charge is -1.97. The topological polar surface area (TPSA) is 71.8 Å². The number of rotatable bonds is 3. The minimum Gasteiger partial charge on any atom is -0.274 e. The van der Waals surface area contributed by atoms with Gasteiger partial charge in [0, 0.05) is 16.1 Å². The second-order valence-corrected chi connectivity index (χ2v) is 7.56. The maximum atomic E-state index is 5.96. The summed E-state index contributed by atoms with van der Waals surface area (Å²) in [6.45, 7) is 2.07. The Morgan fingerprint density at radius 2 is 1.85 bits per heavy atom. The lowest BCUT2D eigenvalue weighted by molar-refractivity contribution is 0.954. The predicted molar refractivity (Wildman–Crippen MR) is 107 cm³/mol. The largest absolute Gasteiger partial charge is 0.274 e. The summed E-state index contributed by atoms with van der Waals surface area (Å²) in [5.41, 5.74) is 4.81. The molecule has 0 saturated heterocycles. The van der Waals surface area contributed by atoms with Gasteiger partial charge in [-0.1, -0.05) is 58.8 Å². The van der Waals surface area contributed by atoms with Gasteiger partial charge in [0.2, 0.25) is 10.8 Å². The fourth-order valence-electron chi connectivity index (χ4n) is 2.88. The SMILES string of the molecule is Cc1cccc(-c2nn3c(-c4cc(-c5ccc(Cl)cc5)n[nH]4)nnc3s2)c1. The number of nitrogens with one attached hydrogen (secondary N) is 1. The van der Waals surface area contributed by atoms with Crippen LogP contribution in [0.2, 0.25) is 5.02 Å². The van der Waals surface area contributed by atoms with Crippen molar-refractivity contribution in [2.75, 3.05) is 0 Å². The molecule has 0 radical (unpaired) electrons. The van der Waals surface area contributed by atoms with Gasteiger partial charge in [0.25, 0.3) is 0 Å². The third-order valence-electron chi connectivity index (χ3n) is 4.21. The monoisotopic (exact) mass is 392 g/mol. The molecule has 5 aromatic rings. The van der Waals surface area contributed by atoms with Crippen LogP contribution in [0.5, 0.6) is 0 Å². The van der Waals surface area contributed by atoms with Crippen LogP contribution in [0.3, 0.4) is 0 Å². The molecule has 0 aliphatic rings. The van der Waals surface area contributed by atoms with Gasteiger partial charge in [0.1, 0.15) is 10.7 Å². The van der Waals surface area contributed by atoms with Gasteiger partial charge in [-0.05, 0) is 31.2 Å². The van der Waals surface area contributed by atoms with Crippen molar-refractivity contribution in [3.63, 3.8) is 0 Å². The summed E-state index contributed by atoms with van der Waals surface area (Å²) in [4.78, 5) is 0.740. The molecule has 0 aliphatic carbocycles. The van der Waals surface area contributed by atoms with E-state index in [-0.39, 0.29) is 0 Å². The molecular formula is C19H13ClN6S. The molecule has 6 nitrogen and oxygen atoms in total. The van der Waals surface area contributed by atoms with E-state index in [2.05, 4.69) is 39.5 Å². The molecule has 132 valence electrons. The van der Waals surface area contributed by atoms with Crippen LogP contribution in [0.1, 0.15) is 5.56 Å². The van der Waals surface area contributed by atoms with Crippen LogP contribution in [0, 0.1) is 6.92 Å².